The minimum Gasteiger partial charge on any atom is -0.342 e. The summed E-state index contributed by atoms with van der Waals surface area (Å²) in [4.78, 5) is 17.5. The number of nitrogens with one attached hydrogen (secondary N) is 1. The molecule has 0 saturated carbocycles. The van der Waals surface area contributed by atoms with E-state index in [1.165, 1.54) is 0 Å². The maximum atomic E-state index is 12.7. The summed E-state index contributed by atoms with van der Waals surface area (Å²) in [7, 11) is 0. The van der Waals surface area contributed by atoms with Crippen LogP contribution in [0.1, 0.15) is 40.3 Å². The largest absolute Gasteiger partial charge is 0.342 e. The molecule has 4 rings (SSSR count). The third-order valence-electron chi connectivity index (χ3n) is 5.11. The molecule has 0 radical (unpaired) electrons. The van der Waals surface area contributed by atoms with E-state index in [0.29, 0.717) is 22.2 Å². The van der Waals surface area contributed by atoms with E-state index in [9.17, 15) is 4.79 Å². The second kappa shape index (κ2) is 8.50. The Morgan fingerprint density at radius 1 is 1.00 bits per heavy atom. The predicted molar refractivity (Wildman–Crippen MR) is 122 cm³/mol. The van der Waals surface area contributed by atoms with Crippen molar-refractivity contribution in [3.05, 3.63) is 99.3 Å². The number of para-hydroxylation sites is 2. The number of amides is 1. The van der Waals surface area contributed by atoms with Crippen molar-refractivity contribution in [1.82, 2.24) is 14.9 Å². The van der Waals surface area contributed by atoms with E-state index in [1.54, 1.807) is 0 Å². The van der Waals surface area contributed by atoms with Crippen LogP contribution in [0.25, 0.3) is 11.0 Å². The van der Waals surface area contributed by atoms with Crippen molar-refractivity contribution in [3.8, 4) is 0 Å². The van der Waals surface area contributed by atoms with E-state index < -0.39 is 0 Å². The molecular formula is C24H21Cl2N3O. The van der Waals surface area contributed by atoms with E-state index in [2.05, 4.69) is 9.88 Å². The molecule has 1 aromatic heterocycles. The molecule has 6 heteroatoms. The molecular weight excluding hydrogens is 417 g/mol. The van der Waals surface area contributed by atoms with Gasteiger partial charge in [0, 0.05) is 21.2 Å². The van der Waals surface area contributed by atoms with Crippen molar-refractivity contribution >= 4 is 40.1 Å². The van der Waals surface area contributed by atoms with Crippen LogP contribution in [0.4, 0.5) is 0 Å². The molecule has 0 aliphatic heterocycles. The van der Waals surface area contributed by atoms with Gasteiger partial charge in [-0.2, -0.15) is 0 Å². The smallest absolute Gasteiger partial charge is 0.251 e. The number of imidazole rings is 1. The quantitative estimate of drug-likeness (QED) is 0.404. The summed E-state index contributed by atoms with van der Waals surface area (Å²) in [6, 6.07) is 20.5. The van der Waals surface area contributed by atoms with Gasteiger partial charge in [0.05, 0.1) is 23.6 Å². The van der Waals surface area contributed by atoms with Crippen LogP contribution in [0.5, 0.6) is 0 Å². The fourth-order valence-corrected chi connectivity index (χ4v) is 4.00. The number of rotatable bonds is 5. The molecule has 30 heavy (non-hydrogen) atoms. The molecule has 4 nitrogen and oxygen atoms in total. The Morgan fingerprint density at radius 2 is 1.67 bits per heavy atom. The van der Waals surface area contributed by atoms with Crippen LogP contribution < -0.4 is 5.32 Å². The lowest BCUT2D eigenvalue weighted by atomic mass is 10.1. The van der Waals surface area contributed by atoms with Gasteiger partial charge in [-0.1, -0.05) is 59.1 Å². The van der Waals surface area contributed by atoms with E-state index >= 15 is 0 Å². The first-order valence-electron chi connectivity index (χ1n) is 9.69. The predicted octanol–water partition coefficient (Wildman–Crippen LogP) is 6.19. The van der Waals surface area contributed by atoms with Crippen molar-refractivity contribution in [2.24, 2.45) is 0 Å². The first kappa shape index (κ1) is 20.5. The van der Waals surface area contributed by atoms with Crippen molar-refractivity contribution < 1.29 is 4.79 Å². The second-order valence-corrected chi connectivity index (χ2v) is 8.12. The highest BCUT2D eigenvalue weighted by molar-refractivity contribution is 6.36. The zero-order valence-corrected chi connectivity index (χ0v) is 18.2. The summed E-state index contributed by atoms with van der Waals surface area (Å²) >= 11 is 12.8. The van der Waals surface area contributed by atoms with Crippen molar-refractivity contribution in [2.75, 3.05) is 0 Å². The molecule has 152 valence electrons. The molecule has 1 N–H and O–H groups in total. The lowest BCUT2D eigenvalue weighted by Crippen LogP contribution is -2.28. The van der Waals surface area contributed by atoms with Gasteiger partial charge in [-0.25, -0.2) is 4.98 Å². The highest BCUT2D eigenvalue weighted by atomic mass is 35.5. The van der Waals surface area contributed by atoms with Crippen LogP contribution in [-0.4, -0.2) is 15.5 Å². The Hall–Kier alpha value is -2.82. The van der Waals surface area contributed by atoms with E-state index in [1.807, 2.05) is 80.6 Å². The number of hydrogen-bond donors (Lipinski definition) is 1. The van der Waals surface area contributed by atoms with E-state index in [4.69, 9.17) is 28.2 Å². The minimum atomic E-state index is -0.313. The summed E-state index contributed by atoms with van der Waals surface area (Å²) in [6.07, 6.45) is 0. The minimum absolute atomic E-state index is 0.142. The van der Waals surface area contributed by atoms with Gasteiger partial charge in [0.15, 0.2) is 0 Å². The number of carbonyl (C=O) groups excluding carboxylic acids is 1. The summed E-state index contributed by atoms with van der Waals surface area (Å²) in [6.45, 7) is 4.38. The van der Waals surface area contributed by atoms with Gasteiger partial charge in [-0.3, -0.25) is 4.79 Å². The van der Waals surface area contributed by atoms with Gasteiger partial charge < -0.3 is 9.88 Å². The molecule has 1 atom stereocenters. The number of aromatic nitrogens is 2. The Kier molecular flexibility index (Phi) is 5.80. The molecule has 0 aliphatic carbocycles. The summed E-state index contributed by atoms with van der Waals surface area (Å²) in [5.41, 5.74) is 4.36. The summed E-state index contributed by atoms with van der Waals surface area (Å²) in [5, 5.41) is 4.26. The van der Waals surface area contributed by atoms with Gasteiger partial charge in [-0.05, 0) is 50.2 Å². The van der Waals surface area contributed by atoms with Crippen LogP contribution >= 0.6 is 23.2 Å². The Bertz CT molecular complexity index is 1190. The SMILES string of the molecule is Cc1ccc(C(=O)NC(C)c2nc3ccccc3n2Cc2c(Cl)cccc2Cl)cc1. The molecule has 0 fully saturated rings. The van der Waals surface area contributed by atoms with Crippen molar-refractivity contribution in [3.63, 3.8) is 0 Å². The fraction of sp³-hybridized carbons (Fsp3) is 0.167. The van der Waals surface area contributed by atoms with Crippen LogP contribution in [0.3, 0.4) is 0 Å². The first-order valence-corrected chi connectivity index (χ1v) is 10.4. The average Bonchev–Trinajstić information content (AvgIpc) is 3.10. The summed E-state index contributed by atoms with van der Waals surface area (Å²) < 4.78 is 2.06. The number of hydrogen-bond acceptors (Lipinski definition) is 2. The maximum absolute atomic E-state index is 12.7. The average molecular weight is 438 g/mol. The molecule has 3 aromatic carbocycles. The zero-order valence-electron chi connectivity index (χ0n) is 16.7. The van der Waals surface area contributed by atoms with Gasteiger partial charge >= 0.3 is 0 Å². The lowest BCUT2D eigenvalue weighted by molar-refractivity contribution is 0.0938. The highest BCUT2D eigenvalue weighted by Crippen LogP contribution is 2.29. The lowest BCUT2D eigenvalue weighted by Gasteiger charge is -2.17. The fourth-order valence-electron chi connectivity index (χ4n) is 3.48. The van der Waals surface area contributed by atoms with E-state index in [-0.39, 0.29) is 11.9 Å². The Labute approximate surface area is 185 Å². The monoisotopic (exact) mass is 437 g/mol. The topological polar surface area (TPSA) is 46.9 Å². The standard InChI is InChI=1S/C24H21Cl2N3O/c1-15-10-12-17(13-11-15)24(30)27-16(2)23-28-21-8-3-4-9-22(21)29(23)14-18-19(25)6-5-7-20(18)26/h3-13,16H,14H2,1-2H3,(H,27,30). The molecule has 0 saturated heterocycles. The van der Waals surface area contributed by atoms with Crippen molar-refractivity contribution in [2.45, 2.75) is 26.4 Å². The van der Waals surface area contributed by atoms with Crippen LogP contribution in [0.2, 0.25) is 10.0 Å². The number of aryl methyl sites for hydroxylation is 1. The zero-order chi connectivity index (χ0) is 21.3. The third-order valence-corrected chi connectivity index (χ3v) is 5.82. The molecule has 4 aromatic rings. The highest BCUT2D eigenvalue weighted by Gasteiger charge is 2.20. The van der Waals surface area contributed by atoms with E-state index in [0.717, 1.165) is 28.0 Å². The van der Waals surface area contributed by atoms with Gasteiger partial charge in [0.1, 0.15) is 5.82 Å². The van der Waals surface area contributed by atoms with Crippen LogP contribution in [0.15, 0.2) is 66.7 Å². The van der Waals surface area contributed by atoms with Crippen molar-refractivity contribution in [1.29, 1.82) is 0 Å². The molecule has 0 aliphatic rings. The van der Waals surface area contributed by atoms with Crippen LogP contribution in [0, 0.1) is 6.92 Å². The van der Waals surface area contributed by atoms with Gasteiger partial charge in [0.25, 0.3) is 5.91 Å². The third kappa shape index (κ3) is 4.07. The summed E-state index contributed by atoms with van der Waals surface area (Å²) in [5.74, 6) is 0.601. The Morgan fingerprint density at radius 3 is 2.37 bits per heavy atom. The number of carbonyl (C=O) groups is 1. The number of fused-ring (bicyclic) bond motifs is 1. The molecule has 1 heterocycles. The maximum Gasteiger partial charge on any atom is 0.251 e. The van der Waals surface area contributed by atoms with Crippen LogP contribution in [-0.2, 0) is 6.54 Å². The second-order valence-electron chi connectivity index (χ2n) is 7.31. The number of halogens is 2. The molecule has 0 spiro atoms. The Balaban J connectivity index is 1.70. The molecule has 1 amide bonds. The normalized spacial score (nSPS) is 12.1. The number of benzene rings is 3. The molecule has 1 unspecified atom stereocenters. The number of nitrogens with zero attached hydrogens (tertiary/aromatic N) is 2. The van der Waals surface area contributed by atoms with Gasteiger partial charge in [-0.15, -0.1) is 0 Å². The first-order chi connectivity index (χ1) is 14.4. The molecule has 0 bridgehead atoms. The van der Waals surface area contributed by atoms with Gasteiger partial charge in [0.2, 0.25) is 0 Å².